The average Bonchev–Trinajstić information content (AvgIpc) is 2.87. The maximum Gasteiger partial charge on any atom is 0.356 e. The van der Waals surface area contributed by atoms with Crippen LogP contribution in [0, 0.1) is 0 Å². The van der Waals surface area contributed by atoms with Gasteiger partial charge in [0, 0.05) is 11.9 Å². The summed E-state index contributed by atoms with van der Waals surface area (Å²) >= 11 is 0. The number of nitrogens with zero attached hydrogens (tertiary/aromatic N) is 2. The SMILES string of the molecule is CC(C)c1ccc(NC(=O)Cn2ccc(C(=O)O)n2)cc1. The summed E-state index contributed by atoms with van der Waals surface area (Å²) in [5, 5.41) is 15.3. The highest BCUT2D eigenvalue weighted by Gasteiger charge is 2.09. The van der Waals surface area contributed by atoms with E-state index in [9.17, 15) is 9.59 Å². The summed E-state index contributed by atoms with van der Waals surface area (Å²) in [7, 11) is 0. The topological polar surface area (TPSA) is 84.2 Å². The van der Waals surface area contributed by atoms with Crippen molar-refractivity contribution in [1.82, 2.24) is 9.78 Å². The molecule has 6 heteroatoms. The van der Waals surface area contributed by atoms with Gasteiger partial charge in [-0.15, -0.1) is 0 Å². The number of aromatic nitrogens is 2. The molecule has 1 aromatic heterocycles. The maximum atomic E-state index is 11.9. The van der Waals surface area contributed by atoms with Gasteiger partial charge >= 0.3 is 5.97 Å². The van der Waals surface area contributed by atoms with E-state index in [0.29, 0.717) is 11.6 Å². The smallest absolute Gasteiger partial charge is 0.356 e. The van der Waals surface area contributed by atoms with Crippen molar-refractivity contribution in [3.63, 3.8) is 0 Å². The predicted molar refractivity (Wildman–Crippen MR) is 78.3 cm³/mol. The fourth-order valence-corrected chi connectivity index (χ4v) is 1.86. The van der Waals surface area contributed by atoms with Crippen molar-refractivity contribution in [1.29, 1.82) is 0 Å². The van der Waals surface area contributed by atoms with Gasteiger partial charge in [0.15, 0.2) is 5.69 Å². The Morgan fingerprint density at radius 3 is 2.43 bits per heavy atom. The number of rotatable bonds is 5. The van der Waals surface area contributed by atoms with E-state index in [-0.39, 0.29) is 18.1 Å². The predicted octanol–water partition coefficient (Wildman–Crippen LogP) is 2.34. The van der Waals surface area contributed by atoms with Gasteiger partial charge in [-0.3, -0.25) is 9.48 Å². The number of hydrogen-bond acceptors (Lipinski definition) is 3. The number of aromatic carboxylic acids is 1. The van der Waals surface area contributed by atoms with Gasteiger partial charge in [-0.2, -0.15) is 5.10 Å². The Kier molecular flexibility index (Phi) is 4.37. The Bertz CT molecular complexity index is 644. The summed E-state index contributed by atoms with van der Waals surface area (Å²) in [6.45, 7) is 4.18. The Morgan fingerprint density at radius 2 is 1.90 bits per heavy atom. The molecule has 1 heterocycles. The van der Waals surface area contributed by atoms with Crippen molar-refractivity contribution in [2.45, 2.75) is 26.3 Å². The molecule has 21 heavy (non-hydrogen) atoms. The summed E-state index contributed by atoms with van der Waals surface area (Å²) in [5.41, 5.74) is 1.82. The van der Waals surface area contributed by atoms with Gasteiger partial charge in [-0.1, -0.05) is 26.0 Å². The van der Waals surface area contributed by atoms with Crippen molar-refractivity contribution in [2.75, 3.05) is 5.32 Å². The molecular formula is C15H17N3O3. The molecule has 0 atom stereocenters. The third-order valence-electron chi connectivity index (χ3n) is 3.03. The number of nitrogens with one attached hydrogen (secondary N) is 1. The van der Waals surface area contributed by atoms with E-state index in [0.717, 1.165) is 0 Å². The molecule has 0 bridgehead atoms. The lowest BCUT2D eigenvalue weighted by molar-refractivity contribution is -0.116. The minimum absolute atomic E-state index is 0.0286. The summed E-state index contributed by atoms with van der Waals surface area (Å²) in [5.74, 6) is -0.931. The summed E-state index contributed by atoms with van der Waals surface area (Å²) in [6.07, 6.45) is 1.46. The highest BCUT2D eigenvalue weighted by molar-refractivity contribution is 5.90. The Hall–Kier alpha value is -2.63. The highest BCUT2D eigenvalue weighted by atomic mass is 16.4. The lowest BCUT2D eigenvalue weighted by Crippen LogP contribution is -2.19. The van der Waals surface area contributed by atoms with Gasteiger partial charge in [-0.25, -0.2) is 4.79 Å². The first-order valence-corrected chi connectivity index (χ1v) is 6.62. The molecule has 0 aliphatic carbocycles. The van der Waals surface area contributed by atoms with Crippen LogP contribution in [0.1, 0.15) is 35.8 Å². The zero-order valence-corrected chi connectivity index (χ0v) is 11.9. The second kappa shape index (κ2) is 6.21. The summed E-state index contributed by atoms with van der Waals surface area (Å²) in [6, 6.07) is 8.98. The number of amides is 1. The van der Waals surface area contributed by atoms with Gasteiger partial charge in [-0.05, 0) is 29.7 Å². The van der Waals surface area contributed by atoms with E-state index >= 15 is 0 Å². The quantitative estimate of drug-likeness (QED) is 0.884. The fourth-order valence-electron chi connectivity index (χ4n) is 1.86. The molecule has 2 aromatic rings. The Labute approximate surface area is 122 Å². The number of anilines is 1. The molecular weight excluding hydrogens is 270 g/mol. The number of carboxylic acids is 1. The van der Waals surface area contributed by atoms with Crippen molar-refractivity contribution in [3.05, 3.63) is 47.8 Å². The third kappa shape index (κ3) is 3.92. The van der Waals surface area contributed by atoms with E-state index < -0.39 is 5.97 Å². The lowest BCUT2D eigenvalue weighted by Gasteiger charge is -2.08. The van der Waals surface area contributed by atoms with Crippen LogP contribution in [-0.2, 0) is 11.3 Å². The molecule has 110 valence electrons. The van der Waals surface area contributed by atoms with Crippen LogP contribution < -0.4 is 5.32 Å². The molecule has 0 radical (unpaired) electrons. The van der Waals surface area contributed by atoms with Crippen LogP contribution in [0.15, 0.2) is 36.5 Å². The van der Waals surface area contributed by atoms with E-state index in [4.69, 9.17) is 5.11 Å². The van der Waals surface area contributed by atoms with E-state index in [2.05, 4.69) is 24.3 Å². The first kappa shape index (κ1) is 14.8. The van der Waals surface area contributed by atoms with Crippen LogP contribution >= 0.6 is 0 Å². The van der Waals surface area contributed by atoms with Crippen molar-refractivity contribution in [3.8, 4) is 0 Å². The molecule has 1 amide bonds. The van der Waals surface area contributed by atoms with Crippen LogP contribution in [0.3, 0.4) is 0 Å². The first-order valence-electron chi connectivity index (χ1n) is 6.62. The van der Waals surface area contributed by atoms with E-state index in [1.54, 1.807) is 0 Å². The van der Waals surface area contributed by atoms with Gasteiger partial charge in [0.2, 0.25) is 5.91 Å². The third-order valence-corrected chi connectivity index (χ3v) is 3.03. The molecule has 2 N–H and O–H groups in total. The lowest BCUT2D eigenvalue weighted by atomic mass is 10.0. The minimum Gasteiger partial charge on any atom is -0.476 e. The molecule has 0 saturated carbocycles. The zero-order chi connectivity index (χ0) is 15.4. The molecule has 0 aliphatic rings. The summed E-state index contributed by atoms with van der Waals surface area (Å²) in [4.78, 5) is 22.6. The normalized spacial score (nSPS) is 10.6. The molecule has 6 nitrogen and oxygen atoms in total. The van der Waals surface area contributed by atoms with Crippen LogP contribution in [0.2, 0.25) is 0 Å². The van der Waals surface area contributed by atoms with Gasteiger partial charge in [0.25, 0.3) is 0 Å². The second-order valence-corrected chi connectivity index (χ2v) is 5.03. The maximum absolute atomic E-state index is 11.9. The van der Waals surface area contributed by atoms with Gasteiger partial charge in [0.1, 0.15) is 6.54 Å². The number of hydrogen-bond donors (Lipinski definition) is 2. The zero-order valence-electron chi connectivity index (χ0n) is 11.9. The fraction of sp³-hybridized carbons (Fsp3) is 0.267. The van der Waals surface area contributed by atoms with Crippen LogP contribution in [0.4, 0.5) is 5.69 Å². The highest BCUT2D eigenvalue weighted by Crippen LogP contribution is 2.17. The molecule has 0 spiro atoms. The minimum atomic E-state index is -1.11. The van der Waals surface area contributed by atoms with Crippen molar-refractivity contribution >= 4 is 17.6 Å². The largest absolute Gasteiger partial charge is 0.476 e. The van der Waals surface area contributed by atoms with Crippen molar-refractivity contribution in [2.24, 2.45) is 0 Å². The van der Waals surface area contributed by atoms with Crippen LogP contribution in [0.5, 0.6) is 0 Å². The molecule has 0 fully saturated rings. The molecule has 2 rings (SSSR count). The standard InChI is InChI=1S/C15H17N3O3/c1-10(2)11-3-5-12(6-4-11)16-14(19)9-18-8-7-13(17-18)15(20)21/h3-8,10H,9H2,1-2H3,(H,16,19)(H,20,21). The molecule has 0 aliphatic heterocycles. The first-order chi connectivity index (χ1) is 9.95. The average molecular weight is 287 g/mol. The van der Waals surface area contributed by atoms with Gasteiger partial charge in [0.05, 0.1) is 0 Å². The second-order valence-electron chi connectivity index (χ2n) is 5.03. The summed E-state index contributed by atoms with van der Waals surface area (Å²) < 4.78 is 1.29. The number of carbonyl (C=O) groups excluding carboxylic acids is 1. The Morgan fingerprint density at radius 1 is 1.24 bits per heavy atom. The van der Waals surface area contributed by atoms with Crippen LogP contribution in [-0.4, -0.2) is 26.8 Å². The van der Waals surface area contributed by atoms with Crippen LogP contribution in [0.25, 0.3) is 0 Å². The molecule has 0 saturated heterocycles. The van der Waals surface area contributed by atoms with E-state index in [1.807, 2.05) is 24.3 Å². The number of carbonyl (C=O) groups is 2. The molecule has 0 unspecified atom stereocenters. The van der Waals surface area contributed by atoms with Crippen molar-refractivity contribution < 1.29 is 14.7 Å². The molecule has 1 aromatic carbocycles. The monoisotopic (exact) mass is 287 g/mol. The Balaban J connectivity index is 1.96. The number of benzene rings is 1. The van der Waals surface area contributed by atoms with E-state index in [1.165, 1.54) is 22.5 Å². The van der Waals surface area contributed by atoms with Gasteiger partial charge < -0.3 is 10.4 Å². The number of carboxylic acid groups (broad SMARTS) is 1.